The van der Waals surface area contributed by atoms with E-state index in [1.165, 1.54) is 0 Å². The van der Waals surface area contributed by atoms with Gasteiger partial charge in [-0.25, -0.2) is 0 Å². The minimum atomic E-state index is 0. The Morgan fingerprint density at radius 1 is 0.333 bits per heavy atom. The monoisotopic (exact) mass is 224 g/mol. The van der Waals surface area contributed by atoms with Crippen molar-refractivity contribution in [1.82, 2.24) is 0 Å². The van der Waals surface area contributed by atoms with Gasteiger partial charge in [-0.2, -0.15) is 0 Å². The molecule has 0 saturated heterocycles. The average molecular weight is 223 g/mol. The summed E-state index contributed by atoms with van der Waals surface area (Å²) in [6.45, 7) is 0. The van der Waals surface area contributed by atoms with Crippen LogP contribution in [-0.2, 0) is 97.8 Å². The Morgan fingerprint density at radius 3 is 0.333 bits per heavy atom. The Hall–Kier alpha value is 2.78. The van der Waals surface area contributed by atoms with Crippen LogP contribution in [0.15, 0.2) is 0 Å². The summed E-state index contributed by atoms with van der Waals surface area (Å²) in [5.41, 5.74) is 0. The van der Waals surface area contributed by atoms with E-state index in [1.54, 1.807) is 0 Å². The molecule has 6 heteroatoms. The molecule has 0 aromatic heterocycles. The molecule has 0 spiro atoms. The molecule has 0 aliphatic heterocycles. The third-order valence-corrected chi connectivity index (χ3v) is 0. The van der Waals surface area contributed by atoms with Gasteiger partial charge in [-0.15, -0.1) is 0 Å². The molecule has 0 aromatic rings. The minimum Gasteiger partial charge on any atom is -2.00 e. The van der Waals surface area contributed by atoms with Gasteiger partial charge in [-0.3, -0.25) is 0 Å². The second-order valence-electron chi connectivity index (χ2n) is 0. The van der Waals surface area contributed by atoms with Crippen molar-refractivity contribution < 1.29 is 97.8 Å². The van der Waals surface area contributed by atoms with Crippen LogP contribution in [-0.4, -0.2) is 0 Å². The van der Waals surface area contributed by atoms with Crippen LogP contribution in [0, 0.1) is 0 Å². The molecule has 16 valence electrons. The van der Waals surface area contributed by atoms with Crippen LogP contribution in [0.25, 0.3) is 0 Å². The summed E-state index contributed by atoms with van der Waals surface area (Å²) in [6, 6.07) is 0. The Labute approximate surface area is 96.4 Å². The Kier molecular flexibility index (Phi) is 531. The van der Waals surface area contributed by atoms with Crippen LogP contribution in [0.5, 0.6) is 0 Å². The maximum Gasteiger partial charge on any atom is 4.00 e. The van der Waals surface area contributed by atoms with Crippen molar-refractivity contribution in [3.8, 4) is 0 Å². The predicted molar refractivity (Wildman–Crippen MR) is 1.37 cm³/mol. The maximum atomic E-state index is 0. The Bertz CT molecular complexity index is 5.51. The van der Waals surface area contributed by atoms with Crippen LogP contribution in [0.4, 0.5) is 0 Å². The predicted octanol–water partition coefficient (Wildman–Crippen LogP) is -0.248. The quantitative estimate of drug-likeness (QED) is 0.509. The standard InChI is InChI=1S/2O.4Ti/q2*-2;4*+4. The molecular formula is O2Ti4+12. The fraction of sp³-hybridized carbons (Fsp3) is 0. The van der Waals surface area contributed by atoms with Crippen molar-refractivity contribution in [3.63, 3.8) is 0 Å². The van der Waals surface area contributed by atoms with Crippen molar-refractivity contribution >= 4 is 0 Å². The molecule has 0 atom stereocenters. The molecule has 0 aliphatic carbocycles. The van der Waals surface area contributed by atoms with Crippen LogP contribution in [0.3, 0.4) is 0 Å². The summed E-state index contributed by atoms with van der Waals surface area (Å²) in [6.07, 6.45) is 0. The smallest absolute Gasteiger partial charge is 2.00 e. The van der Waals surface area contributed by atoms with Crippen molar-refractivity contribution in [2.45, 2.75) is 0 Å². The topological polar surface area (TPSA) is 57.0 Å². The molecule has 6 heavy (non-hydrogen) atoms. The first-order valence-electron chi connectivity index (χ1n) is 0. The molecule has 0 amide bonds. The zero-order valence-electron chi connectivity index (χ0n) is 2.82. The summed E-state index contributed by atoms with van der Waals surface area (Å²) in [4.78, 5) is 0. The van der Waals surface area contributed by atoms with Crippen molar-refractivity contribution in [2.24, 2.45) is 0 Å². The largest absolute Gasteiger partial charge is 4.00 e. The van der Waals surface area contributed by atoms with Crippen LogP contribution in [0.2, 0.25) is 0 Å². The summed E-state index contributed by atoms with van der Waals surface area (Å²) in [5, 5.41) is 0. The zero-order valence-corrected chi connectivity index (χ0v) is 9.06. The van der Waals surface area contributed by atoms with Gasteiger partial charge in [0.05, 0.1) is 0 Å². The second-order valence-corrected chi connectivity index (χ2v) is 0. The molecule has 0 aliphatic rings. The second kappa shape index (κ2) is 46.3. The minimum absolute atomic E-state index is 0. The SMILES string of the molecule is [O-2].[O-2].[Ti+4].[Ti+4].[Ti+4].[Ti+4]. The molecule has 2 nitrogen and oxygen atoms in total. The third kappa shape index (κ3) is 29.3. The average Bonchev–Trinajstić information content (AvgIpc) is 0. The zero-order chi connectivity index (χ0) is 0. The molecule has 0 heterocycles. The van der Waals surface area contributed by atoms with Gasteiger partial charge in [0.25, 0.3) is 0 Å². The summed E-state index contributed by atoms with van der Waals surface area (Å²) in [5.74, 6) is 0. The van der Waals surface area contributed by atoms with Gasteiger partial charge < -0.3 is 11.0 Å². The third-order valence-electron chi connectivity index (χ3n) is 0. The van der Waals surface area contributed by atoms with Gasteiger partial charge in [0.15, 0.2) is 0 Å². The first kappa shape index (κ1) is 68.8. The Balaban J connectivity index is 0. The number of rotatable bonds is 0. The Morgan fingerprint density at radius 2 is 0.333 bits per heavy atom. The van der Waals surface area contributed by atoms with E-state index in [0.29, 0.717) is 0 Å². The van der Waals surface area contributed by atoms with Gasteiger partial charge >= 0.3 is 86.9 Å². The van der Waals surface area contributed by atoms with Gasteiger partial charge in [0, 0.05) is 0 Å². The summed E-state index contributed by atoms with van der Waals surface area (Å²) >= 11 is 0. The van der Waals surface area contributed by atoms with E-state index in [9.17, 15) is 0 Å². The van der Waals surface area contributed by atoms with E-state index in [4.69, 9.17) is 0 Å². The molecular weight excluding hydrogens is 223 g/mol. The molecule has 0 saturated carbocycles. The van der Waals surface area contributed by atoms with Gasteiger partial charge in [0.2, 0.25) is 0 Å². The first-order chi connectivity index (χ1) is 0. The van der Waals surface area contributed by atoms with Crippen molar-refractivity contribution in [1.29, 1.82) is 0 Å². The fourth-order valence-electron chi connectivity index (χ4n) is 0. The molecule has 0 bridgehead atoms. The summed E-state index contributed by atoms with van der Waals surface area (Å²) < 4.78 is 0. The first-order valence-corrected chi connectivity index (χ1v) is 0. The van der Waals surface area contributed by atoms with Gasteiger partial charge in [0.1, 0.15) is 0 Å². The molecule has 0 aromatic carbocycles. The van der Waals surface area contributed by atoms with E-state index < -0.39 is 0 Å². The number of hydrogen-bond acceptors (Lipinski definition) is 0. The van der Waals surface area contributed by atoms with Crippen LogP contribution in [0.1, 0.15) is 0 Å². The van der Waals surface area contributed by atoms with E-state index >= 15 is 0 Å². The maximum absolute atomic E-state index is 0. The van der Waals surface area contributed by atoms with E-state index in [-0.39, 0.29) is 97.8 Å². The van der Waals surface area contributed by atoms with E-state index in [0.717, 1.165) is 0 Å². The normalized spacial score (nSPS) is 0. The van der Waals surface area contributed by atoms with Crippen molar-refractivity contribution in [3.05, 3.63) is 0 Å². The molecule has 0 unspecified atom stereocenters. The molecule has 0 rings (SSSR count). The van der Waals surface area contributed by atoms with Gasteiger partial charge in [-0.1, -0.05) is 0 Å². The van der Waals surface area contributed by atoms with Gasteiger partial charge in [-0.05, 0) is 0 Å². The van der Waals surface area contributed by atoms with E-state index in [2.05, 4.69) is 0 Å². The summed E-state index contributed by atoms with van der Waals surface area (Å²) in [7, 11) is 0. The van der Waals surface area contributed by atoms with Crippen molar-refractivity contribution in [2.75, 3.05) is 0 Å². The number of hydrogen-bond donors (Lipinski definition) is 0. The van der Waals surface area contributed by atoms with Crippen LogP contribution < -0.4 is 0 Å². The molecule has 0 fully saturated rings. The molecule has 0 radical (unpaired) electrons. The van der Waals surface area contributed by atoms with E-state index in [1.807, 2.05) is 0 Å². The molecule has 0 N–H and O–H groups in total. The van der Waals surface area contributed by atoms with Crippen LogP contribution >= 0.6 is 0 Å². The fourth-order valence-corrected chi connectivity index (χ4v) is 0.